The Morgan fingerprint density at radius 2 is 1.41 bits per heavy atom. The fourth-order valence-electron chi connectivity index (χ4n) is 3.98. The van der Waals surface area contributed by atoms with Crippen LogP contribution in [0.1, 0.15) is 119 Å². The molecule has 4 heteroatoms. The second-order valence-corrected chi connectivity index (χ2v) is 8.23. The van der Waals surface area contributed by atoms with Crippen LogP contribution in [0.3, 0.4) is 0 Å². The van der Waals surface area contributed by atoms with Gasteiger partial charge in [0, 0.05) is 36.8 Å². The molecular weight excluding hydrogens is 362 g/mol. The third-order valence-electron chi connectivity index (χ3n) is 5.66. The van der Waals surface area contributed by atoms with Gasteiger partial charge in [-0.3, -0.25) is 9.59 Å². The maximum absolute atomic E-state index is 12.7. The summed E-state index contributed by atoms with van der Waals surface area (Å²) in [5, 5.41) is 0. The maximum Gasteiger partial charge on any atom is 0.305 e. The highest BCUT2D eigenvalue weighted by molar-refractivity contribution is 5.98. The summed E-state index contributed by atoms with van der Waals surface area (Å²) in [6, 6.07) is 0. The molecule has 0 saturated heterocycles. The SMILES string of the molecule is CCCCCCCCCCCC(=O)c1c(C)cn(CCCCC(=O)OCC)c1C. The number of esters is 1. The molecule has 0 fully saturated rings. The Morgan fingerprint density at radius 3 is 2.03 bits per heavy atom. The lowest BCUT2D eigenvalue weighted by Gasteiger charge is -2.08. The predicted molar refractivity (Wildman–Crippen MR) is 121 cm³/mol. The second-order valence-electron chi connectivity index (χ2n) is 8.23. The van der Waals surface area contributed by atoms with E-state index < -0.39 is 0 Å². The number of ketones is 1. The third-order valence-corrected chi connectivity index (χ3v) is 5.66. The Morgan fingerprint density at radius 1 is 0.828 bits per heavy atom. The summed E-state index contributed by atoms with van der Waals surface area (Å²) >= 11 is 0. The number of carbonyl (C=O) groups excluding carboxylic acids is 2. The molecule has 0 amide bonds. The van der Waals surface area contributed by atoms with Crippen LogP contribution in [0.15, 0.2) is 6.20 Å². The topological polar surface area (TPSA) is 48.3 Å². The van der Waals surface area contributed by atoms with E-state index >= 15 is 0 Å². The lowest BCUT2D eigenvalue weighted by molar-refractivity contribution is -0.143. The summed E-state index contributed by atoms with van der Waals surface area (Å²) in [6.45, 7) is 9.45. The van der Waals surface area contributed by atoms with Crippen molar-refractivity contribution in [3.05, 3.63) is 23.0 Å². The van der Waals surface area contributed by atoms with Gasteiger partial charge in [0.1, 0.15) is 0 Å². The average molecular weight is 406 g/mol. The van der Waals surface area contributed by atoms with Crippen LogP contribution in [0.5, 0.6) is 0 Å². The molecule has 0 atom stereocenters. The summed E-state index contributed by atoms with van der Waals surface area (Å²) < 4.78 is 7.14. The highest BCUT2D eigenvalue weighted by Gasteiger charge is 2.16. The number of nitrogens with zero attached hydrogens (tertiary/aromatic N) is 1. The van der Waals surface area contributed by atoms with E-state index in [9.17, 15) is 9.59 Å². The zero-order chi connectivity index (χ0) is 21.5. The van der Waals surface area contributed by atoms with Gasteiger partial charge in [0.2, 0.25) is 0 Å². The Labute approximate surface area is 178 Å². The Kier molecular flexibility index (Phi) is 13.4. The second kappa shape index (κ2) is 15.3. The van der Waals surface area contributed by atoms with Crippen LogP contribution in [0.4, 0.5) is 0 Å². The number of ether oxygens (including phenoxy) is 1. The third kappa shape index (κ3) is 10.1. The summed E-state index contributed by atoms with van der Waals surface area (Å²) in [6.07, 6.45) is 16.4. The van der Waals surface area contributed by atoms with Crippen molar-refractivity contribution in [2.24, 2.45) is 0 Å². The summed E-state index contributed by atoms with van der Waals surface area (Å²) in [4.78, 5) is 24.1. The van der Waals surface area contributed by atoms with Crippen molar-refractivity contribution in [1.29, 1.82) is 0 Å². The normalized spacial score (nSPS) is 11.0. The molecule has 1 heterocycles. The number of aromatic nitrogens is 1. The first-order valence-corrected chi connectivity index (χ1v) is 11.9. The van der Waals surface area contributed by atoms with Crippen LogP contribution < -0.4 is 0 Å². The first-order chi connectivity index (χ1) is 14.0. The summed E-state index contributed by atoms with van der Waals surface area (Å²) in [5.41, 5.74) is 3.06. The number of carbonyl (C=O) groups is 2. The highest BCUT2D eigenvalue weighted by atomic mass is 16.5. The van der Waals surface area contributed by atoms with Gasteiger partial charge in [-0.05, 0) is 45.6 Å². The van der Waals surface area contributed by atoms with Gasteiger partial charge >= 0.3 is 5.97 Å². The number of hydrogen-bond donors (Lipinski definition) is 0. The first kappa shape index (κ1) is 25.5. The van der Waals surface area contributed by atoms with Crippen molar-refractivity contribution < 1.29 is 14.3 Å². The molecule has 0 aliphatic carbocycles. The standard InChI is InChI=1S/C25H43NO3/c1-5-7-8-9-10-11-12-13-14-17-23(27)25-21(3)20-26(22(25)4)19-16-15-18-24(28)29-6-2/h20H,5-19H2,1-4H3. The van der Waals surface area contributed by atoms with Crippen molar-refractivity contribution in [1.82, 2.24) is 4.57 Å². The highest BCUT2D eigenvalue weighted by Crippen LogP contribution is 2.21. The van der Waals surface area contributed by atoms with Gasteiger partial charge in [-0.15, -0.1) is 0 Å². The molecule has 4 nitrogen and oxygen atoms in total. The van der Waals surface area contributed by atoms with E-state index in [1.807, 2.05) is 20.8 Å². The Balaban J connectivity index is 2.30. The van der Waals surface area contributed by atoms with Gasteiger partial charge < -0.3 is 9.30 Å². The van der Waals surface area contributed by atoms with Crippen LogP contribution in [-0.2, 0) is 16.1 Å². The van der Waals surface area contributed by atoms with Crippen LogP contribution in [0.25, 0.3) is 0 Å². The van der Waals surface area contributed by atoms with Crippen molar-refractivity contribution in [3.63, 3.8) is 0 Å². The number of aryl methyl sites for hydroxylation is 2. The molecule has 0 unspecified atom stereocenters. The zero-order valence-corrected chi connectivity index (χ0v) is 19.4. The van der Waals surface area contributed by atoms with Gasteiger partial charge in [0.15, 0.2) is 5.78 Å². The molecule has 0 bridgehead atoms. The first-order valence-electron chi connectivity index (χ1n) is 11.9. The van der Waals surface area contributed by atoms with Crippen molar-refractivity contribution in [2.75, 3.05) is 6.61 Å². The van der Waals surface area contributed by atoms with Crippen LogP contribution in [0, 0.1) is 13.8 Å². The molecule has 1 aromatic heterocycles. The average Bonchev–Trinajstić information content (AvgIpc) is 2.97. The number of Topliss-reactive ketones (excluding diaryl/α,β-unsaturated/α-hetero) is 1. The van der Waals surface area contributed by atoms with E-state index in [0.717, 1.165) is 49.0 Å². The Bertz CT molecular complexity index is 603. The molecule has 166 valence electrons. The van der Waals surface area contributed by atoms with Crippen LogP contribution >= 0.6 is 0 Å². The molecular formula is C25H43NO3. The molecule has 0 aliphatic rings. The van der Waals surface area contributed by atoms with Crippen LogP contribution in [-0.4, -0.2) is 22.9 Å². The predicted octanol–water partition coefficient (Wildman–Crippen LogP) is 6.94. The minimum Gasteiger partial charge on any atom is -0.466 e. The van der Waals surface area contributed by atoms with E-state index in [4.69, 9.17) is 4.74 Å². The van der Waals surface area contributed by atoms with Crippen LogP contribution in [0.2, 0.25) is 0 Å². The number of hydrogen-bond acceptors (Lipinski definition) is 3. The van der Waals surface area contributed by atoms with Gasteiger partial charge in [-0.25, -0.2) is 0 Å². The maximum atomic E-state index is 12.7. The molecule has 0 N–H and O–H groups in total. The fraction of sp³-hybridized carbons (Fsp3) is 0.760. The number of rotatable bonds is 17. The lowest BCUT2D eigenvalue weighted by atomic mass is 10.0. The minimum atomic E-state index is -0.121. The van der Waals surface area contributed by atoms with Crippen molar-refractivity contribution in [2.45, 2.75) is 118 Å². The number of unbranched alkanes of at least 4 members (excludes halogenated alkanes) is 9. The van der Waals surface area contributed by atoms with Gasteiger partial charge in [-0.1, -0.05) is 58.3 Å². The van der Waals surface area contributed by atoms with E-state index in [0.29, 0.717) is 19.4 Å². The Hall–Kier alpha value is -1.58. The molecule has 0 spiro atoms. The van der Waals surface area contributed by atoms with E-state index in [1.54, 1.807) is 0 Å². The monoisotopic (exact) mass is 405 g/mol. The van der Waals surface area contributed by atoms with Crippen molar-refractivity contribution in [3.8, 4) is 0 Å². The van der Waals surface area contributed by atoms with E-state index in [-0.39, 0.29) is 11.8 Å². The molecule has 1 aromatic rings. The minimum absolute atomic E-state index is 0.121. The molecule has 0 saturated carbocycles. The lowest BCUT2D eigenvalue weighted by Crippen LogP contribution is -2.06. The smallest absolute Gasteiger partial charge is 0.305 e. The van der Waals surface area contributed by atoms with E-state index in [2.05, 4.69) is 17.7 Å². The molecule has 1 rings (SSSR count). The summed E-state index contributed by atoms with van der Waals surface area (Å²) in [5.74, 6) is 0.165. The van der Waals surface area contributed by atoms with Gasteiger partial charge in [0.25, 0.3) is 0 Å². The molecule has 0 aromatic carbocycles. The quantitative estimate of drug-likeness (QED) is 0.160. The van der Waals surface area contributed by atoms with Gasteiger partial charge in [0.05, 0.1) is 6.61 Å². The molecule has 0 radical (unpaired) electrons. The fourth-order valence-corrected chi connectivity index (χ4v) is 3.98. The van der Waals surface area contributed by atoms with Gasteiger partial charge in [-0.2, -0.15) is 0 Å². The van der Waals surface area contributed by atoms with Crippen molar-refractivity contribution >= 4 is 11.8 Å². The molecule has 0 aliphatic heterocycles. The largest absolute Gasteiger partial charge is 0.466 e. The summed E-state index contributed by atoms with van der Waals surface area (Å²) in [7, 11) is 0. The van der Waals surface area contributed by atoms with E-state index in [1.165, 1.54) is 44.9 Å². The zero-order valence-electron chi connectivity index (χ0n) is 19.4. The molecule has 29 heavy (non-hydrogen) atoms.